The molecule has 0 radical (unpaired) electrons. The van der Waals surface area contributed by atoms with Gasteiger partial charge in [-0.15, -0.1) is 11.3 Å². The number of methoxy groups -OCH3 is 1. The first kappa shape index (κ1) is 11.2. The van der Waals surface area contributed by atoms with Gasteiger partial charge in [-0.3, -0.25) is 0 Å². The van der Waals surface area contributed by atoms with E-state index in [1.54, 1.807) is 13.2 Å². The van der Waals surface area contributed by atoms with E-state index < -0.39 is 0 Å². The van der Waals surface area contributed by atoms with E-state index in [2.05, 4.69) is 4.98 Å². The average molecular weight is 259 g/mol. The number of nitrogens with zero attached hydrogens (tertiary/aromatic N) is 1. The highest BCUT2D eigenvalue weighted by atomic mass is 32.1. The van der Waals surface area contributed by atoms with Crippen LogP contribution in [0.4, 0.5) is 4.39 Å². The fraction of sp³-hybridized carbons (Fsp3) is 0.0714. The molecule has 0 aliphatic carbocycles. The van der Waals surface area contributed by atoms with E-state index in [1.165, 1.54) is 23.5 Å². The monoisotopic (exact) mass is 259 g/mol. The van der Waals surface area contributed by atoms with Gasteiger partial charge in [0.1, 0.15) is 16.6 Å². The van der Waals surface area contributed by atoms with Crippen LogP contribution in [0.15, 0.2) is 42.5 Å². The van der Waals surface area contributed by atoms with Crippen LogP contribution in [0.3, 0.4) is 0 Å². The molecule has 0 saturated carbocycles. The molecular formula is C14H10FNOS. The number of fused-ring (bicyclic) bond motifs is 1. The lowest BCUT2D eigenvalue weighted by Crippen LogP contribution is -1.82. The van der Waals surface area contributed by atoms with E-state index in [4.69, 9.17) is 4.74 Å². The second-order valence-corrected chi connectivity index (χ2v) is 4.89. The predicted molar refractivity (Wildman–Crippen MR) is 71.6 cm³/mol. The summed E-state index contributed by atoms with van der Waals surface area (Å²) >= 11 is 1.49. The Labute approximate surface area is 108 Å². The van der Waals surface area contributed by atoms with Crippen LogP contribution in [0.1, 0.15) is 0 Å². The number of hydrogen-bond donors (Lipinski definition) is 0. The molecule has 1 heterocycles. The zero-order chi connectivity index (χ0) is 12.5. The van der Waals surface area contributed by atoms with E-state index in [0.717, 1.165) is 26.5 Å². The van der Waals surface area contributed by atoms with Crippen LogP contribution >= 0.6 is 11.3 Å². The topological polar surface area (TPSA) is 22.1 Å². The molecule has 0 N–H and O–H groups in total. The third-order valence-corrected chi connectivity index (χ3v) is 3.75. The summed E-state index contributed by atoms with van der Waals surface area (Å²) in [6.45, 7) is 0. The first-order chi connectivity index (χ1) is 8.76. The number of thiazole rings is 1. The molecule has 90 valence electrons. The van der Waals surface area contributed by atoms with Crippen LogP contribution in [-0.2, 0) is 0 Å². The number of benzene rings is 2. The maximum atomic E-state index is 13.1. The molecule has 4 heteroatoms. The Morgan fingerprint density at radius 3 is 2.61 bits per heavy atom. The Morgan fingerprint density at radius 2 is 1.89 bits per heavy atom. The summed E-state index contributed by atoms with van der Waals surface area (Å²) in [6.07, 6.45) is 0. The van der Waals surface area contributed by atoms with Crippen LogP contribution in [0.5, 0.6) is 5.75 Å². The third-order valence-electron chi connectivity index (χ3n) is 2.69. The number of rotatable bonds is 2. The lowest BCUT2D eigenvalue weighted by Gasteiger charge is -1.99. The summed E-state index contributed by atoms with van der Waals surface area (Å²) in [5.41, 5.74) is 1.84. The molecule has 0 fully saturated rings. The molecule has 0 amide bonds. The molecule has 3 aromatic rings. The zero-order valence-electron chi connectivity index (χ0n) is 9.68. The number of hydrogen-bond acceptors (Lipinski definition) is 3. The lowest BCUT2D eigenvalue weighted by molar-refractivity contribution is 0.415. The van der Waals surface area contributed by atoms with Gasteiger partial charge in [0.05, 0.1) is 17.3 Å². The Kier molecular flexibility index (Phi) is 2.72. The van der Waals surface area contributed by atoms with Gasteiger partial charge in [-0.2, -0.15) is 0 Å². The average Bonchev–Trinajstić information content (AvgIpc) is 2.81. The quantitative estimate of drug-likeness (QED) is 0.691. The van der Waals surface area contributed by atoms with Gasteiger partial charge >= 0.3 is 0 Å². The highest BCUT2D eigenvalue weighted by molar-refractivity contribution is 7.21. The van der Waals surface area contributed by atoms with Crippen molar-refractivity contribution in [2.75, 3.05) is 7.11 Å². The largest absolute Gasteiger partial charge is 0.497 e. The maximum absolute atomic E-state index is 13.1. The van der Waals surface area contributed by atoms with Crippen LogP contribution in [0.25, 0.3) is 20.8 Å². The summed E-state index contributed by atoms with van der Waals surface area (Å²) in [5, 5.41) is 0.887. The molecule has 1 aromatic heterocycles. The van der Waals surface area contributed by atoms with Crippen LogP contribution in [-0.4, -0.2) is 12.1 Å². The molecule has 0 spiro atoms. The van der Waals surface area contributed by atoms with Crippen LogP contribution < -0.4 is 4.74 Å². The van der Waals surface area contributed by atoms with Crippen molar-refractivity contribution in [1.29, 1.82) is 0 Å². The van der Waals surface area contributed by atoms with Gasteiger partial charge in [0, 0.05) is 5.56 Å². The van der Waals surface area contributed by atoms with E-state index in [1.807, 2.05) is 24.3 Å². The summed E-state index contributed by atoms with van der Waals surface area (Å²) < 4.78 is 19.1. The smallest absolute Gasteiger partial charge is 0.124 e. The first-order valence-corrected chi connectivity index (χ1v) is 6.28. The van der Waals surface area contributed by atoms with E-state index in [9.17, 15) is 4.39 Å². The summed E-state index contributed by atoms with van der Waals surface area (Å²) in [7, 11) is 1.63. The molecule has 3 rings (SSSR count). The van der Waals surface area contributed by atoms with E-state index >= 15 is 0 Å². The fourth-order valence-corrected chi connectivity index (χ4v) is 2.75. The maximum Gasteiger partial charge on any atom is 0.124 e. The van der Waals surface area contributed by atoms with Crippen LogP contribution in [0, 0.1) is 5.82 Å². The number of aromatic nitrogens is 1. The van der Waals surface area contributed by atoms with Crippen molar-refractivity contribution in [3.05, 3.63) is 48.3 Å². The van der Waals surface area contributed by atoms with Crippen molar-refractivity contribution in [1.82, 2.24) is 4.98 Å². The van der Waals surface area contributed by atoms with E-state index in [0.29, 0.717) is 0 Å². The fourth-order valence-electron chi connectivity index (χ4n) is 1.76. The van der Waals surface area contributed by atoms with Gasteiger partial charge in [-0.1, -0.05) is 0 Å². The van der Waals surface area contributed by atoms with Crippen molar-refractivity contribution in [3.8, 4) is 16.3 Å². The molecule has 18 heavy (non-hydrogen) atoms. The Bertz CT molecular complexity index is 691. The molecule has 0 bridgehead atoms. The SMILES string of the molecule is COc1ccc(-c2nc3ccc(F)cc3s2)cc1. The highest BCUT2D eigenvalue weighted by Crippen LogP contribution is 2.31. The molecule has 0 atom stereocenters. The standard InChI is InChI=1S/C14H10FNOS/c1-17-11-5-2-9(3-6-11)14-16-12-7-4-10(15)8-13(12)18-14/h2-8H,1H3. The van der Waals surface area contributed by atoms with Crippen molar-refractivity contribution in [2.45, 2.75) is 0 Å². The van der Waals surface area contributed by atoms with Crippen molar-refractivity contribution in [3.63, 3.8) is 0 Å². The minimum Gasteiger partial charge on any atom is -0.497 e. The molecular weight excluding hydrogens is 249 g/mol. The first-order valence-electron chi connectivity index (χ1n) is 5.47. The number of ether oxygens (including phenoxy) is 1. The summed E-state index contributed by atoms with van der Waals surface area (Å²) in [4.78, 5) is 4.49. The minimum absolute atomic E-state index is 0.229. The van der Waals surface area contributed by atoms with Gasteiger partial charge in [-0.25, -0.2) is 9.37 Å². The van der Waals surface area contributed by atoms with Gasteiger partial charge < -0.3 is 4.74 Å². The van der Waals surface area contributed by atoms with Gasteiger partial charge in [0.25, 0.3) is 0 Å². The minimum atomic E-state index is -0.229. The molecule has 0 unspecified atom stereocenters. The van der Waals surface area contributed by atoms with Gasteiger partial charge in [0.2, 0.25) is 0 Å². The molecule has 2 aromatic carbocycles. The predicted octanol–water partition coefficient (Wildman–Crippen LogP) is 4.11. The highest BCUT2D eigenvalue weighted by Gasteiger charge is 2.07. The third kappa shape index (κ3) is 1.95. The van der Waals surface area contributed by atoms with Crippen molar-refractivity contribution in [2.24, 2.45) is 0 Å². The van der Waals surface area contributed by atoms with Crippen molar-refractivity contribution < 1.29 is 9.13 Å². The second kappa shape index (κ2) is 4.38. The Morgan fingerprint density at radius 1 is 1.11 bits per heavy atom. The number of halogens is 1. The van der Waals surface area contributed by atoms with Crippen molar-refractivity contribution >= 4 is 21.6 Å². The van der Waals surface area contributed by atoms with Gasteiger partial charge in [0.15, 0.2) is 0 Å². The zero-order valence-corrected chi connectivity index (χ0v) is 10.5. The Balaban J connectivity index is 2.07. The Hall–Kier alpha value is -1.94. The normalized spacial score (nSPS) is 10.8. The summed E-state index contributed by atoms with van der Waals surface area (Å²) in [6, 6.07) is 12.3. The van der Waals surface area contributed by atoms with Gasteiger partial charge in [-0.05, 0) is 42.5 Å². The lowest BCUT2D eigenvalue weighted by atomic mass is 10.2. The molecule has 0 aliphatic heterocycles. The second-order valence-electron chi connectivity index (χ2n) is 3.86. The molecule has 0 saturated heterocycles. The van der Waals surface area contributed by atoms with E-state index in [-0.39, 0.29) is 5.82 Å². The summed E-state index contributed by atoms with van der Waals surface area (Å²) in [5.74, 6) is 0.582. The van der Waals surface area contributed by atoms with Crippen LogP contribution in [0.2, 0.25) is 0 Å². The molecule has 2 nitrogen and oxygen atoms in total. The molecule has 0 aliphatic rings.